The molecule has 2 aromatic heterocycles. The number of pyridine rings is 1. The van der Waals surface area contributed by atoms with Crippen LogP contribution in [0.5, 0.6) is 5.75 Å². The third kappa shape index (κ3) is 4.68. The van der Waals surface area contributed by atoms with E-state index in [1.807, 2.05) is 0 Å². The van der Waals surface area contributed by atoms with E-state index in [-0.39, 0.29) is 27.3 Å². The highest BCUT2D eigenvalue weighted by molar-refractivity contribution is 7.91. The Morgan fingerprint density at radius 3 is 2.37 bits per heavy atom. The van der Waals surface area contributed by atoms with Gasteiger partial charge in [-0.25, -0.2) is 8.42 Å². The molecule has 0 unspecified atom stereocenters. The van der Waals surface area contributed by atoms with Gasteiger partial charge in [0, 0.05) is 13.3 Å². The number of rotatable bonds is 6. The van der Waals surface area contributed by atoms with E-state index in [2.05, 4.69) is 19.9 Å². The van der Waals surface area contributed by atoms with Gasteiger partial charge in [-0.05, 0) is 37.3 Å². The number of methoxy groups -OCH3 is 1. The quantitative estimate of drug-likeness (QED) is 0.593. The summed E-state index contributed by atoms with van der Waals surface area (Å²) in [6.45, 7) is 1.79. The van der Waals surface area contributed by atoms with Crippen LogP contribution in [0, 0.1) is 0 Å². The minimum atomic E-state index is -4.87. The zero-order valence-electron chi connectivity index (χ0n) is 15.5. The second kappa shape index (κ2) is 8.16. The Kier molecular flexibility index (Phi) is 5.97. The number of nitrogens with zero attached hydrogens (tertiary/aromatic N) is 3. The van der Waals surface area contributed by atoms with Crippen LogP contribution in [0.1, 0.15) is 18.0 Å². The molecule has 8 nitrogen and oxygen atoms in total. The van der Waals surface area contributed by atoms with Crippen LogP contribution in [0.15, 0.2) is 46.3 Å². The summed E-state index contributed by atoms with van der Waals surface area (Å²) in [5.41, 5.74) is 6.29. The van der Waals surface area contributed by atoms with Gasteiger partial charge < -0.3 is 15.2 Å². The molecule has 160 valence electrons. The van der Waals surface area contributed by atoms with Gasteiger partial charge in [-0.2, -0.15) is 0 Å². The van der Waals surface area contributed by atoms with Crippen molar-refractivity contribution in [1.29, 1.82) is 0 Å². The third-order valence-electron chi connectivity index (χ3n) is 3.91. The first-order chi connectivity index (χ1) is 14.0. The van der Waals surface area contributed by atoms with E-state index < -0.39 is 21.9 Å². The molecule has 2 N–H and O–H groups in total. The van der Waals surface area contributed by atoms with E-state index >= 15 is 0 Å². The minimum Gasteiger partial charge on any atom is -0.406 e. The summed E-state index contributed by atoms with van der Waals surface area (Å²) < 4.78 is 71.2. The van der Waals surface area contributed by atoms with Crippen molar-refractivity contribution in [3.63, 3.8) is 0 Å². The summed E-state index contributed by atoms with van der Waals surface area (Å²) in [7, 11) is -2.54. The molecule has 0 saturated heterocycles. The molecular weight excluding hydrogens is 445 g/mol. The van der Waals surface area contributed by atoms with Crippen LogP contribution < -0.4 is 10.5 Å². The molecule has 0 amide bonds. The normalized spacial score (nSPS) is 13.2. The number of sulfone groups is 1. The third-order valence-corrected chi connectivity index (χ3v) is 6.74. The molecule has 0 bridgehead atoms. The van der Waals surface area contributed by atoms with Gasteiger partial charge in [0.15, 0.2) is 5.01 Å². The number of aromatic nitrogens is 3. The fraction of sp³-hybridized carbons (Fsp3) is 0.235. The number of anilines is 1. The van der Waals surface area contributed by atoms with Gasteiger partial charge >= 0.3 is 6.36 Å². The number of halogens is 3. The van der Waals surface area contributed by atoms with Crippen LogP contribution >= 0.6 is 11.3 Å². The number of nitrogens with two attached hydrogens (primary N) is 1. The molecule has 0 aliphatic carbocycles. The van der Waals surface area contributed by atoms with Gasteiger partial charge in [0.25, 0.3) is 0 Å². The fourth-order valence-electron chi connectivity index (χ4n) is 2.34. The number of hydrogen-bond acceptors (Lipinski definition) is 9. The summed E-state index contributed by atoms with van der Waals surface area (Å²) in [4.78, 5) is 3.64. The van der Waals surface area contributed by atoms with Crippen LogP contribution in [0.3, 0.4) is 0 Å². The van der Waals surface area contributed by atoms with Gasteiger partial charge in [0.05, 0.1) is 15.5 Å². The molecule has 13 heteroatoms. The Hall–Kier alpha value is -2.77. The van der Waals surface area contributed by atoms with Crippen LogP contribution in [0.2, 0.25) is 0 Å². The summed E-state index contributed by atoms with van der Waals surface area (Å²) >= 11 is 1.20. The highest BCUT2D eigenvalue weighted by Gasteiger charge is 2.31. The molecule has 1 atom stereocenters. The van der Waals surface area contributed by atoms with Crippen LogP contribution in [0.25, 0.3) is 10.7 Å². The van der Waals surface area contributed by atoms with Gasteiger partial charge in [0.2, 0.25) is 9.84 Å². The smallest absolute Gasteiger partial charge is 0.406 e. The average molecular weight is 460 g/mol. The Bertz CT molecular complexity index is 1150. The van der Waals surface area contributed by atoms with E-state index in [9.17, 15) is 21.6 Å². The van der Waals surface area contributed by atoms with Crippen molar-refractivity contribution < 1.29 is 31.1 Å². The number of nitrogen functional groups attached to an aromatic ring is 1. The monoisotopic (exact) mass is 460 g/mol. The van der Waals surface area contributed by atoms with Crippen molar-refractivity contribution in [3.8, 4) is 16.5 Å². The van der Waals surface area contributed by atoms with E-state index in [4.69, 9.17) is 10.5 Å². The number of benzene rings is 1. The molecular formula is C17H15F3N4O4S2. The van der Waals surface area contributed by atoms with Crippen molar-refractivity contribution in [3.05, 3.63) is 41.5 Å². The van der Waals surface area contributed by atoms with Crippen molar-refractivity contribution in [2.75, 3.05) is 12.8 Å². The first kappa shape index (κ1) is 21.9. The molecule has 1 aromatic carbocycles. The first-order valence-electron chi connectivity index (χ1n) is 8.24. The molecule has 0 spiro atoms. The largest absolute Gasteiger partial charge is 0.573 e. The standard InChI is InChI=1S/C17H15F3N4O4S2/c1-9(27-2)15-23-24-16(29-15)14-13(21)7-12(8-22-14)30(25,26)11-5-3-10(4-6-11)28-17(18,19)20/h3-9H,21H2,1-2H3/t9-/m0/s1. The SMILES string of the molecule is CO[C@@H](C)c1nnc(-c2ncc(S(=O)(=O)c3ccc(OC(F)(F)F)cc3)cc2N)s1. The molecule has 2 heterocycles. The second-order valence-electron chi connectivity index (χ2n) is 5.95. The van der Waals surface area contributed by atoms with Crippen molar-refractivity contribution >= 4 is 26.9 Å². The van der Waals surface area contributed by atoms with Crippen LogP contribution in [-0.2, 0) is 14.6 Å². The van der Waals surface area contributed by atoms with Crippen molar-refractivity contribution in [2.45, 2.75) is 29.2 Å². The molecule has 0 radical (unpaired) electrons. The predicted molar refractivity (Wildman–Crippen MR) is 102 cm³/mol. The number of alkyl halides is 3. The highest BCUT2D eigenvalue weighted by atomic mass is 32.2. The Morgan fingerprint density at radius 2 is 1.80 bits per heavy atom. The summed E-state index contributed by atoms with van der Waals surface area (Å²) in [5, 5.41) is 8.99. The van der Waals surface area contributed by atoms with E-state index in [0.717, 1.165) is 30.5 Å². The summed E-state index contributed by atoms with van der Waals surface area (Å²) in [6.07, 6.45) is -4.05. The lowest BCUT2D eigenvalue weighted by molar-refractivity contribution is -0.274. The van der Waals surface area contributed by atoms with Crippen LogP contribution in [-0.4, -0.2) is 37.1 Å². The number of hydrogen-bond donors (Lipinski definition) is 1. The number of ether oxygens (including phenoxy) is 2. The van der Waals surface area contributed by atoms with Gasteiger partial charge in [-0.1, -0.05) is 11.3 Å². The Morgan fingerprint density at radius 1 is 1.13 bits per heavy atom. The molecule has 3 aromatic rings. The summed E-state index contributed by atoms with van der Waals surface area (Å²) in [6, 6.07) is 5.03. The fourth-order valence-corrected chi connectivity index (χ4v) is 4.47. The zero-order chi connectivity index (χ0) is 22.1. The Balaban J connectivity index is 1.89. The van der Waals surface area contributed by atoms with E-state index in [1.54, 1.807) is 6.92 Å². The van der Waals surface area contributed by atoms with Gasteiger partial charge in [0.1, 0.15) is 22.6 Å². The molecule has 30 heavy (non-hydrogen) atoms. The lowest BCUT2D eigenvalue weighted by Crippen LogP contribution is -2.17. The summed E-state index contributed by atoms with van der Waals surface area (Å²) in [5.74, 6) is -0.535. The minimum absolute atomic E-state index is 0.0564. The molecule has 3 rings (SSSR count). The van der Waals surface area contributed by atoms with E-state index in [1.165, 1.54) is 24.5 Å². The van der Waals surface area contributed by atoms with Crippen molar-refractivity contribution in [2.24, 2.45) is 0 Å². The first-order valence-corrected chi connectivity index (χ1v) is 10.5. The lowest BCUT2D eigenvalue weighted by atomic mass is 10.3. The maximum Gasteiger partial charge on any atom is 0.573 e. The van der Waals surface area contributed by atoms with Crippen molar-refractivity contribution in [1.82, 2.24) is 15.2 Å². The maximum atomic E-state index is 12.8. The molecule has 0 saturated carbocycles. The maximum absolute atomic E-state index is 12.8. The molecule has 0 aliphatic rings. The average Bonchev–Trinajstić information content (AvgIpc) is 3.16. The molecule has 0 fully saturated rings. The van der Waals surface area contributed by atoms with Gasteiger partial charge in [-0.15, -0.1) is 23.4 Å². The lowest BCUT2D eigenvalue weighted by Gasteiger charge is -2.10. The topological polar surface area (TPSA) is 117 Å². The second-order valence-corrected chi connectivity index (χ2v) is 8.91. The molecule has 0 aliphatic heterocycles. The zero-order valence-corrected chi connectivity index (χ0v) is 17.2. The Labute approximate surface area is 173 Å². The highest BCUT2D eigenvalue weighted by Crippen LogP contribution is 2.32. The van der Waals surface area contributed by atoms with Crippen LogP contribution in [0.4, 0.5) is 18.9 Å². The predicted octanol–water partition coefficient (Wildman–Crippen LogP) is 3.62. The van der Waals surface area contributed by atoms with Gasteiger partial charge in [-0.3, -0.25) is 4.98 Å². The van der Waals surface area contributed by atoms with E-state index in [0.29, 0.717) is 10.0 Å².